The van der Waals surface area contributed by atoms with Gasteiger partial charge >= 0.3 is 0 Å². The summed E-state index contributed by atoms with van der Waals surface area (Å²) in [5, 5.41) is 8.68. The van der Waals surface area contributed by atoms with E-state index in [-0.39, 0.29) is 0 Å². The highest BCUT2D eigenvalue weighted by atomic mass is 15.0. The van der Waals surface area contributed by atoms with Crippen LogP contribution in [0.3, 0.4) is 0 Å². The van der Waals surface area contributed by atoms with E-state index in [0.717, 1.165) is 11.4 Å². The lowest BCUT2D eigenvalue weighted by Crippen LogP contribution is -1.90. The molecule has 0 amide bonds. The second-order valence-corrected chi connectivity index (χ2v) is 2.91. The van der Waals surface area contributed by atoms with Crippen molar-refractivity contribution in [2.24, 2.45) is 7.05 Å². The fraction of sp³-hybridized carbons (Fsp3) is 0.100. The molecular weight excluding hydrogens is 176 g/mol. The number of nitrogens with zero attached hydrogens (tertiary/aromatic N) is 4. The minimum atomic E-state index is 0.423. The third kappa shape index (κ3) is 1.36. The van der Waals surface area contributed by atoms with Crippen LogP contribution < -0.4 is 0 Å². The van der Waals surface area contributed by atoms with Crippen LogP contribution in [0.4, 0.5) is 0 Å². The van der Waals surface area contributed by atoms with Gasteiger partial charge in [0, 0.05) is 31.2 Å². The van der Waals surface area contributed by atoms with Crippen molar-refractivity contribution in [1.82, 2.24) is 14.5 Å². The number of rotatable bonds is 1. The van der Waals surface area contributed by atoms with Crippen molar-refractivity contribution in [3.63, 3.8) is 0 Å². The molecule has 0 saturated carbocycles. The van der Waals surface area contributed by atoms with E-state index < -0.39 is 0 Å². The van der Waals surface area contributed by atoms with Crippen LogP contribution in [0.5, 0.6) is 0 Å². The maximum absolute atomic E-state index is 8.68. The van der Waals surface area contributed by atoms with E-state index in [1.54, 1.807) is 18.6 Å². The van der Waals surface area contributed by atoms with E-state index in [0.29, 0.717) is 5.69 Å². The molecule has 0 fully saturated rings. The van der Waals surface area contributed by atoms with Crippen LogP contribution in [0.25, 0.3) is 11.4 Å². The van der Waals surface area contributed by atoms with E-state index in [9.17, 15) is 0 Å². The third-order valence-electron chi connectivity index (χ3n) is 1.91. The van der Waals surface area contributed by atoms with Gasteiger partial charge in [0.05, 0.1) is 0 Å². The number of aromatic nitrogens is 3. The molecule has 0 N–H and O–H groups in total. The average Bonchev–Trinajstić information content (AvgIpc) is 2.61. The van der Waals surface area contributed by atoms with E-state index in [1.165, 1.54) is 0 Å². The summed E-state index contributed by atoms with van der Waals surface area (Å²) in [6.07, 6.45) is 5.13. The van der Waals surface area contributed by atoms with Crippen molar-refractivity contribution < 1.29 is 0 Å². The van der Waals surface area contributed by atoms with Crippen molar-refractivity contribution in [1.29, 1.82) is 5.26 Å². The first kappa shape index (κ1) is 8.45. The Kier molecular flexibility index (Phi) is 1.99. The van der Waals surface area contributed by atoms with Crippen LogP contribution in [-0.4, -0.2) is 14.5 Å². The van der Waals surface area contributed by atoms with E-state index in [1.807, 2.05) is 29.8 Å². The Morgan fingerprint density at radius 1 is 1.50 bits per heavy atom. The first-order valence-corrected chi connectivity index (χ1v) is 4.15. The van der Waals surface area contributed by atoms with Crippen LogP contribution in [0.15, 0.2) is 30.7 Å². The van der Waals surface area contributed by atoms with Gasteiger partial charge in [-0.25, -0.2) is 4.98 Å². The monoisotopic (exact) mass is 184 g/mol. The molecule has 4 heteroatoms. The lowest BCUT2D eigenvalue weighted by molar-refractivity contribution is 0.923. The molecule has 4 nitrogen and oxygen atoms in total. The molecule has 0 aliphatic heterocycles. The summed E-state index contributed by atoms with van der Waals surface area (Å²) < 4.78 is 1.82. The van der Waals surface area contributed by atoms with Crippen molar-refractivity contribution in [3.8, 4) is 17.5 Å². The van der Waals surface area contributed by atoms with Crippen molar-refractivity contribution in [2.75, 3.05) is 0 Å². The molecule has 68 valence electrons. The summed E-state index contributed by atoms with van der Waals surface area (Å²) in [7, 11) is 1.86. The number of pyridine rings is 1. The number of nitriles is 1. The van der Waals surface area contributed by atoms with Gasteiger partial charge in [-0.3, -0.25) is 4.98 Å². The topological polar surface area (TPSA) is 54.5 Å². The van der Waals surface area contributed by atoms with Crippen LogP contribution in [0, 0.1) is 11.3 Å². The molecule has 0 aromatic carbocycles. The molecule has 2 rings (SSSR count). The summed E-state index contributed by atoms with van der Waals surface area (Å²) in [5.41, 5.74) is 1.34. The highest BCUT2D eigenvalue weighted by Crippen LogP contribution is 2.15. The molecule has 0 aliphatic carbocycles. The molecule has 0 saturated heterocycles. The van der Waals surface area contributed by atoms with Crippen molar-refractivity contribution >= 4 is 0 Å². The number of imidazole rings is 1. The molecular formula is C10H8N4. The third-order valence-corrected chi connectivity index (χ3v) is 1.91. The zero-order valence-corrected chi connectivity index (χ0v) is 7.68. The van der Waals surface area contributed by atoms with Crippen LogP contribution in [-0.2, 0) is 7.05 Å². The number of hydrogen-bond donors (Lipinski definition) is 0. The largest absolute Gasteiger partial charge is 0.333 e. The molecule has 2 aromatic heterocycles. The smallest absolute Gasteiger partial charge is 0.159 e. The Hall–Kier alpha value is -2.15. The molecule has 0 unspecified atom stereocenters. The summed E-state index contributed by atoms with van der Waals surface area (Å²) in [6.45, 7) is 0. The van der Waals surface area contributed by atoms with E-state index in [4.69, 9.17) is 5.26 Å². The molecule has 0 aliphatic rings. The summed E-state index contributed by atoms with van der Waals surface area (Å²) in [4.78, 5) is 8.16. The fourth-order valence-corrected chi connectivity index (χ4v) is 1.28. The maximum Gasteiger partial charge on any atom is 0.159 e. The van der Waals surface area contributed by atoms with Gasteiger partial charge < -0.3 is 4.57 Å². The number of aryl methyl sites for hydroxylation is 1. The molecule has 2 aromatic rings. The van der Waals surface area contributed by atoms with Gasteiger partial charge in [-0.05, 0) is 12.1 Å². The van der Waals surface area contributed by atoms with Gasteiger partial charge in [0.15, 0.2) is 5.69 Å². The van der Waals surface area contributed by atoms with Gasteiger partial charge in [-0.1, -0.05) is 0 Å². The Labute approximate surface area is 81.5 Å². The summed E-state index contributed by atoms with van der Waals surface area (Å²) in [5.74, 6) is 0.759. The SMILES string of the molecule is Cn1cc(C#N)nc1-c1cccnc1. The van der Waals surface area contributed by atoms with Gasteiger partial charge in [0.2, 0.25) is 0 Å². The van der Waals surface area contributed by atoms with Crippen LogP contribution in [0.2, 0.25) is 0 Å². The van der Waals surface area contributed by atoms with Crippen molar-refractivity contribution in [3.05, 3.63) is 36.4 Å². The maximum atomic E-state index is 8.68. The molecule has 0 radical (unpaired) electrons. The Balaban J connectivity index is 2.53. The fourth-order valence-electron chi connectivity index (χ4n) is 1.28. The Morgan fingerprint density at radius 2 is 2.36 bits per heavy atom. The average molecular weight is 184 g/mol. The predicted octanol–water partition coefficient (Wildman–Crippen LogP) is 1.35. The Morgan fingerprint density at radius 3 is 2.93 bits per heavy atom. The normalized spacial score (nSPS) is 9.71. The standard InChI is InChI=1S/C10H8N4/c1-14-7-9(5-11)13-10(14)8-3-2-4-12-6-8/h2-4,6-7H,1H3. The van der Waals surface area contributed by atoms with Gasteiger partial charge in [0.25, 0.3) is 0 Å². The second kappa shape index (κ2) is 3.30. The zero-order valence-electron chi connectivity index (χ0n) is 7.68. The Bertz CT molecular complexity index is 479. The number of hydrogen-bond acceptors (Lipinski definition) is 3. The molecule has 2 heterocycles. The minimum Gasteiger partial charge on any atom is -0.333 e. The molecule has 14 heavy (non-hydrogen) atoms. The lowest BCUT2D eigenvalue weighted by Gasteiger charge is -1.98. The predicted molar refractivity (Wildman–Crippen MR) is 51.2 cm³/mol. The minimum absolute atomic E-state index is 0.423. The van der Waals surface area contributed by atoms with E-state index >= 15 is 0 Å². The van der Waals surface area contributed by atoms with Gasteiger partial charge in [-0.15, -0.1) is 0 Å². The molecule has 0 spiro atoms. The lowest BCUT2D eigenvalue weighted by atomic mass is 10.3. The summed E-state index contributed by atoms with van der Waals surface area (Å²) >= 11 is 0. The van der Waals surface area contributed by atoms with Crippen LogP contribution >= 0.6 is 0 Å². The first-order chi connectivity index (χ1) is 6.81. The summed E-state index contributed by atoms with van der Waals surface area (Å²) in [6, 6.07) is 5.76. The zero-order chi connectivity index (χ0) is 9.97. The second-order valence-electron chi connectivity index (χ2n) is 2.91. The quantitative estimate of drug-likeness (QED) is 0.672. The van der Waals surface area contributed by atoms with Crippen molar-refractivity contribution in [2.45, 2.75) is 0 Å². The van der Waals surface area contributed by atoms with Gasteiger partial charge in [-0.2, -0.15) is 5.26 Å². The van der Waals surface area contributed by atoms with Crippen LogP contribution in [0.1, 0.15) is 5.69 Å². The molecule has 0 atom stereocenters. The highest BCUT2D eigenvalue weighted by molar-refractivity contribution is 5.54. The van der Waals surface area contributed by atoms with E-state index in [2.05, 4.69) is 9.97 Å². The highest BCUT2D eigenvalue weighted by Gasteiger charge is 2.06. The van der Waals surface area contributed by atoms with Gasteiger partial charge in [0.1, 0.15) is 11.9 Å². The first-order valence-electron chi connectivity index (χ1n) is 4.15. The molecule has 0 bridgehead atoms.